The third-order valence-electron chi connectivity index (χ3n) is 2.14. The van der Waals surface area contributed by atoms with Gasteiger partial charge in [0.25, 0.3) is 0 Å². The van der Waals surface area contributed by atoms with E-state index in [1.165, 1.54) is 11.3 Å². The van der Waals surface area contributed by atoms with E-state index in [-0.39, 0.29) is 5.78 Å². The molecule has 1 aromatic carbocycles. The first-order valence-corrected chi connectivity index (χ1v) is 7.04. The van der Waals surface area contributed by atoms with Gasteiger partial charge in [0, 0.05) is 19.4 Å². The van der Waals surface area contributed by atoms with Gasteiger partial charge in [-0.3, -0.25) is 4.79 Å². The van der Waals surface area contributed by atoms with E-state index in [4.69, 9.17) is 0 Å². The third-order valence-corrected chi connectivity index (χ3v) is 4.32. The van der Waals surface area contributed by atoms with Crippen molar-refractivity contribution in [1.82, 2.24) is 0 Å². The van der Waals surface area contributed by atoms with Gasteiger partial charge in [-0.05, 0) is 37.3 Å². The summed E-state index contributed by atoms with van der Waals surface area (Å²) < 4.78 is 1.74. The van der Waals surface area contributed by atoms with Crippen LogP contribution in [0, 0.1) is 6.92 Å². The Bertz CT molecular complexity index is 546. The molecule has 1 aromatic heterocycles. The lowest BCUT2D eigenvalue weighted by molar-refractivity contribution is 0.104. The van der Waals surface area contributed by atoms with Crippen molar-refractivity contribution in [3.63, 3.8) is 0 Å². The van der Waals surface area contributed by atoms with Gasteiger partial charge in [0.15, 0.2) is 0 Å². The molecule has 2 aromatic rings. The molecule has 0 saturated carbocycles. The van der Waals surface area contributed by atoms with Gasteiger partial charge in [-0.2, -0.15) is 0 Å². The van der Waals surface area contributed by atoms with Crippen molar-refractivity contribution in [2.45, 2.75) is 6.92 Å². The van der Waals surface area contributed by atoms with Crippen molar-refractivity contribution >= 4 is 49.0 Å². The molecular weight excluding hydrogens is 352 g/mol. The summed E-state index contributed by atoms with van der Waals surface area (Å²) >= 11 is 8.29. The second-order valence-corrected chi connectivity index (χ2v) is 6.42. The fraction of sp³-hybridized carbons (Fsp3) is 0.0833. The monoisotopic (exact) mass is 358 g/mol. The Labute approximate surface area is 115 Å². The average molecular weight is 360 g/mol. The highest BCUT2D eigenvalue weighted by molar-refractivity contribution is 9.11. The number of carbonyl (C=O) groups is 1. The number of aryl methyl sites for hydroxylation is 1. The Morgan fingerprint density at radius 2 is 1.94 bits per heavy atom. The minimum Gasteiger partial charge on any atom is -0.288 e. The predicted octanol–water partition coefficient (Wildman–Crippen LogP) is 4.81. The van der Waals surface area contributed by atoms with Crippen molar-refractivity contribution in [3.8, 4) is 0 Å². The SMILES string of the molecule is Cc1ccc(C(=O)c2cc(Br)ccc2Br)s1. The molecule has 0 aliphatic rings. The van der Waals surface area contributed by atoms with Gasteiger partial charge in [-0.15, -0.1) is 11.3 Å². The maximum Gasteiger partial charge on any atom is 0.204 e. The van der Waals surface area contributed by atoms with Gasteiger partial charge in [0.2, 0.25) is 5.78 Å². The van der Waals surface area contributed by atoms with Crippen LogP contribution < -0.4 is 0 Å². The summed E-state index contributed by atoms with van der Waals surface area (Å²) in [6.07, 6.45) is 0. The molecular formula is C12H8Br2OS. The summed E-state index contributed by atoms with van der Waals surface area (Å²) in [6.45, 7) is 2.00. The van der Waals surface area contributed by atoms with Crippen molar-refractivity contribution in [3.05, 3.63) is 54.6 Å². The molecule has 82 valence electrons. The third kappa shape index (κ3) is 2.44. The molecule has 16 heavy (non-hydrogen) atoms. The zero-order valence-corrected chi connectivity index (χ0v) is 12.4. The van der Waals surface area contributed by atoms with Gasteiger partial charge < -0.3 is 0 Å². The molecule has 0 aliphatic carbocycles. The summed E-state index contributed by atoms with van der Waals surface area (Å²) in [7, 11) is 0. The van der Waals surface area contributed by atoms with Crippen LogP contribution in [0.15, 0.2) is 39.3 Å². The first-order chi connectivity index (χ1) is 7.58. The molecule has 0 N–H and O–H groups in total. The topological polar surface area (TPSA) is 17.1 Å². The zero-order chi connectivity index (χ0) is 11.7. The van der Waals surface area contributed by atoms with Crippen LogP contribution in [0.25, 0.3) is 0 Å². The van der Waals surface area contributed by atoms with Crippen LogP contribution in [0.5, 0.6) is 0 Å². The van der Waals surface area contributed by atoms with Crippen LogP contribution in [0.4, 0.5) is 0 Å². The van der Waals surface area contributed by atoms with Gasteiger partial charge in [-0.25, -0.2) is 0 Å². The molecule has 0 fully saturated rings. The normalized spacial score (nSPS) is 10.4. The average Bonchev–Trinajstić information content (AvgIpc) is 2.67. The Morgan fingerprint density at radius 3 is 2.56 bits per heavy atom. The summed E-state index contributed by atoms with van der Waals surface area (Å²) in [5, 5.41) is 0. The van der Waals surface area contributed by atoms with Crippen molar-refractivity contribution in [2.24, 2.45) is 0 Å². The maximum atomic E-state index is 12.2. The second-order valence-electron chi connectivity index (χ2n) is 3.36. The van der Waals surface area contributed by atoms with Crippen LogP contribution >= 0.6 is 43.2 Å². The van der Waals surface area contributed by atoms with E-state index >= 15 is 0 Å². The summed E-state index contributed by atoms with van der Waals surface area (Å²) in [5.74, 6) is 0.0614. The largest absolute Gasteiger partial charge is 0.288 e. The van der Waals surface area contributed by atoms with E-state index in [2.05, 4.69) is 31.9 Å². The number of benzene rings is 1. The molecule has 0 radical (unpaired) electrons. The van der Waals surface area contributed by atoms with Crippen LogP contribution in [0.3, 0.4) is 0 Å². The molecule has 0 unspecified atom stereocenters. The molecule has 1 nitrogen and oxygen atoms in total. The molecule has 0 spiro atoms. The lowest BCUT2D eigenvalue weighted by Crippen LogP contribution is -1.99. The van der Waals surface area contributed by atoms with Gasteiger partial charge >= 0.3 is 0 Å². The molecule has 0 bridgehead atoms. The smallest absolute Gasteiger partial charge is 0.204 e. The number of hydrogen-bond donors (Lipinski definition) is 0. The van der Waals surface area contributed by atoms with Gasteiger partial charge in [0.05, 0.1) is 4.88 Å². The quantitative estimate of drug-likeness (QED) is 0.703. The number of ketones is 1. The van der Waals surface area contributed by atoms with E-state index in [9.17, 15) is 4.79 Å². The first-order valence-electron chi connectivity index (χ1n) is 4.64. The molecule has 0 amide bonds. The van der Waals surface area contributed by atoms with E-state index < -0.39 is 0 Å². The van der Waals surface area contributed by atoms with Gasteiger partial charge in [-0.1, -0.05) is 31.9 Å². The summed E-state index contributed by atoms with van der Waals surface area (Å²) in [6, 6.07) is 9.44. The van der Waals surface area contributed by atoms with Crippen LogP contribution in [-0.4, -0.2) is 5.78 Å². The fourth-order valence-electron chi connectivity index (χ4n) is 1.36. The fourth-order valence-corrected chi connectivity index (χ4v) is 2.97. The molecule has 0 aliphatic heterocycles. The lowest BCUT2D eigenvalue weighted by atomic mass is 10.1. The van der Waals surface area contributed by atoms with E-state index in [0.29, 0.717) is 5.56 Å². The molecule has 2 rings (SSSR count). The Hall–Kier alpha value is -0.450. The maximum absolute atomic E-state index is 12.2. The minimum atomic E-state index is 0.0614. The second kappa shape index (κ2) is 4.82. The van der Waals surface area contributed by atoms with Crippen LogP contribution in [0.2, 0.25) is 0 Å². The zero-order valence-electron chi connectivity index (χ0n) is 8.46. The molecule has 0 atom stereocenters. The van der Waals surface area contributed by atoms with E-state index in [0.717, 1.165) is 18.7 Å². The van der Waals surface area contributed by atoms with Crippen molar-refractivity contribution in [2.75, 3.05) is 0 Å². The van der Waals surface area contributed by atoms with Gasteiger partial charge in [0.1, 0.15) is 0 Å². The molecule has 1 heterocycles. The highest BCUT2D eigenvalue weighted by Crippen LogP contribution is 2.26. The Balaban J connectivity index is 2.45. The first kappa shape index (κ1) is 12.0. The number of halogens is 2. The lowest BCUT2D eigenvalue weighted by Gasteiger charge is -2.02. The van der Waals surface area contributed by atoms with E-state index in [1.807, 2.05) is 37.3 Å². The van der Waals surface area contributed by atoms with Crippen molar-refractivity contribution in [1.29, 1.82) is 0 Å². The predicted molar refractivity (Wildman–Crippen MR) is 74.3 cm³/mol. The molecule has 4 heteroatoms. The van der Waals surface area contributed by atoms with Crippen LogP contribution in [0.1, 0.15) is 20.1 Å². The number of thiophene rings is 1. The van der Waals surface area contributed by atoms with E-state index in [1.54, 1.807) is 0 Å². The number of carbonyl (C=O) groups excluding carboxylic acids is 1. The van der Waals surface area contributed by atoms with Crippen molar-refractivity contribution < 1.29 is 4.79 Å². The Morgan fingerprint density at radius 1 is 1.19 bits per heavy atom. The Kier molecular flexibility index (Phi) is 3.62. The number of rotatable bonds is 2. The minimum absolute atomic E-state index is 0.0614. The van der Waals surface area contributed by atoms with Crippen LogP contribution in [-0.2, 0) is 0 Å². The number of hydrogen-bond acceptors (Lipinski definition) is 2. The molecule has 0 saturated heterocycles. The summed E-state index contributed by atoms with van der Waals surface area (Å²) in [5.41, 5.74) is 0.691. The highest BCUT2D eigenvalue weighted by atomic mass is 79.9. The standard InChI is InChI=1S/C12H8Br2OS/c1-7-2-5-11(16-7)12(15)9-6-8(13)3-4-10(9)14/h2-6H,1H3. The highest BCUT2D eigenvalue weighted by Gasteiger charge is 2.14. The summed E-state index contributed by atoms with van der Waals surface area (Å²) in [4.78, 5) is 14.1.